The van der Waals surface area contributed by atoms with Gasteiger partial charge in [0.05, 0.1) is 29.0 Å². The molecule has 4 amide bonds. The molecule has 0 aliphatic carbocycles. The van der Waals surface area contributed by atoms with Gasteiger partial charge in [-0.05, 0) is 55.3 Å². The summed E-state index contributed by atoms with van der Waals surface area (Å²) in [5.41, 5.74) is -1.68. The first-order chi connectivity index (χ1) is 30.9. The number of aromatic amines is 1. The van der Waals surface area contributed by atoms with E-state index in [4.69, 9.17) is 0 Å². The predicted octanol–water partition coefficient (Wildman–Crippen LogP) is 4.54. The van der Waals surface area contributed by atoms with Gasteiger partial charge in [-0.25, -0.2) is 32.3 Å². The van der Waals surface area contributed by atoms with Crippen LogP contribution in [0.5, 0.6) is 0 Å². The fourth-order valence-corrected chi connectivity index (χ4v) is 9.09. The van der Waals surface area contributed by atoms with Crippen molar-refractivity contribution in [3.63, 3.8) is 0 Å². The van der Waals surface area contributed by atoms with Crippen LogP contribution in [0.3, 0.4) is 0 Å². The summed E-state index contributed by atoms with van der Waals surface area (Å²) in [4.78, 5) is 68.6. The van der Waals surface area contributed by atoms with Gasteiger partial charge in [0.1, 0.15) is 17.3 Å². The SMILES string of the molecule is CCN(C)S(=O)(=O)Nc1ccc(F)c(C(=O)c2c[nH]c3ncc(-c4cnc(N5CCN(C(=O)CC6(O)CCN(c7ccc(N8CCC(=O)NC8=O)cc7F)CC6)CC5)c(F)c4)cc23)c1F. The van der Waals surface area contributed by atoms with E-state index in [0.29, 0.717) is 16.9 Å². The fraction of sp³-hybridized carbons (Fsp3) is 0.349. The molecule has 3 aromatic heterocycles. The average molecular weight is 921 g/mol. The summed E-state index contributed by atoms with van der Waals surface area (Å²) in [7, 11) is -2.94. The Kier molecular flexibility index (Phi) is 12.3. The number of nitrogens with zero attached hydrogens (tertiary/aromatic N) is 7. The number of hydrogen-bond acceptors (Lipinski definition) is 11. The Labute approximate surface area is 370 Å². The van der Waals surface area contributed by atoms with Crippen molar-refractivity contribution >= 4 is 67.8 Å². The summed E-state index contributed by atoms with van der Waals surface area (Å²) in [6.45, 7) is 3.29. The van der Waals surface area contributed by atoms with Crippen LogP contribution >= 0.6 is 0 Å². The number of anilines is 4. The molecular weight excluding hydrogens is 877 g/mol. The molecule has 342 valence electrons. The van der Waals surface area contributed by atoms with Crippen LogP contribution in [0, 0.1) is 23.3 Å². The number of imide groups is 1. The van der Waals surface area contributed by atoms with Gasteiger partial charge in [-0.2, -0.15) is 12.7 Å². The molecule has 4 N–H and O–H groups in total. The van der Waals surface area contributed by atoms with Crippen LogP contribution < -0.4 is 24.7 Å². The van der Waals surface area contributed by atoms with Crippen LogP contribution in [0.4, 0.5) is 45.2 Å². The van der Waals surface area contributed by atoms with E-state index >= 15 is 17.6 Å². The Balaban J connectivity index is 0.879. The largest absolute Gasteiger partial charge is 0.389 e. The molecular formula is C43H44F4N10O7S. The summed E-state index contributed by atoms with van der Waals surface area (Å²) < 4.78 is 89.7. The number of nitrogens with one attached hydrogen (secondary N) is 3. The normalized spacial score (nSPS) is 16.9. The molecule has 0 spiro atoms. The van der Waals surface area contributed by atoms with E-state index in [2.05, 4.69) is 20.3 Å². The highest BCUT2D eigenvalue weighted by Gasteiger charge is 2.38. The number of ketones is 1. The number of carbonyl (C=O) groups excluding carboxylic acids is 4. The summed E-state index contributed by atoms with van der Waals surface area (Å²) >= 11 is 0. The first-order valence-electron chi connectivity index (χ1n) is 20.8. The van der Waals surface area contributed by atoms with Gasteiger partial charge in [0.2, 0.25) is 17.6 Å². The Morgan fingerprint density at radius 1 is 0.877 bits per heavy atom. The fourth-order valence-electron chi connectivity index (χ4n) is 8.16. The van der Waals surface area contributed by atoms with Crippen LogP contribution in [0.1, 0.15) is 48.5 Å². The molecule has 6 heterocycles. The van der Waals surface area contributed by atoms with E-state index in [9.17, 15) is 32.7 Å². The Morgan fingerprint density at radius 2 is 1.58 bits per heavy atom. The molecule has 0 atom stereocenters. The summed E-state index contributed by atoms with van der Waals surface area (Å²) in [6.07, 6.45) is 4.41. The highest BCUT2D eigenvalue weighted by Crippen LogP contribution is 2.34. The Morgan fingerprint density at radius 3 is 2.26 bits per heavy atom. The van der Waals surface area contributed by atoms with Crippen molar-refractivity contribution in [1.82, 2.24) is 29.5 Å². The lowest BCUT2D eigenvalue weighted by atomic mass is 9.87. The number of H-pyrrole nitrogens is 1. The van der Waals surface area contributed by atoms with Gasteiger partial charge in [-0.15, -0.1) is 0 Å². The topological polar surface area (TPSA) is 204 Å². The number of carbonyl (C=O) groups is 4. The Hall–Kier alpha value is -6.65. The zero-order valence-electron chi connectivity index (χ0n) is 35.2. The number of aliphatic hydroxyl groups is 1. The molecule has 0 bridgehead atoms. The van der Waals surface area contributed by atoms with E-state index in [0.717, 1.165) is 16.4 Å². The Bertz CT molecular complexity index is 2830. The number of urea groups is 1. The minimum atomic E-state index is -4.20. The van der Waals surface area contributed by atoms with Crippen molar-refractivity contribution in [3.05, 3.63) is 95.5 Å². The lowest BCUT2D eigenvalue weighted by Gasteiger charge is -2.41. The lowest BCUT2D eigenvalue weighted by molar-refractivity contribution is -0.137. The zero-order valence-corrected chi connectivity index (χ0v) is 36.0. The van der Waals surface area contributed by atoms with E-state index in [1.54, 1.807) is 33.8 Å². The molecule has 65 heavy (non-hydrogen) atoms. The molecule has 17 nitrogen and oxygen atoms in total. The molecule has 3 saturated heterocycles. The number of hydrogen-bond donors (Lipinski definition) is 4. The quantitative estimate of drug-likeness (QED) is 0.101. The molecule has 5 aromatic rings. The van der Waals surface area contributed by atoms with Gasteiger partial charge in [-0.1, -0.05) is 6.92 Å². The monoisotopic (exact) mass is 920 g/mol. The van der Waals surface area contributed by atoms with Gasteiger partial charge >= 0.3 is 16.2 Å². The van der Waals surface area contributed by atoms with Gasteiger partial charge in [0.15, 0.2) is 17.5 Å². The molecule has 22 heteroatoms. The zero-order chi connectivity index (χ0) is 46.4. The number of benzene rings is 2. The molecule has 2 aromatic carbocycles. The molecule has 0 unspecified atom stereocenters. The van der Waals surface area contributed by atoms with Crippen molar-refractivity contribution in [2.24, 2.45) is 0 Å². The van der Waals surface area contributed by atoms with Crippen molar-refractivity contribution in [2.45, 2.75) is 38.2 Å². The second-order valence-corrected chi connectivity index (χ2v) is 17.9. The standard InChI is InChI=1S/C43H44F4N10O7S/c1-3-53(2)65(63,64)52-33-6-5-30(44)37(38(33)47)39(60)29-24-49-40-28(29)18-25(22-48-40)26-19-32(46)41(50-23-26)56-16-14-55(15-17-56)36(59)21-43(62)9-12-54(13-10-43)34-7-4-27(20-31(34)45)57-11-8-35(58)51-42(57)61/h4-7,18-20,22-24,52,62H,3,8-17,21H2,1-2H3,(H,48,49)(H,51,58,61). The third-order valence-corrected chi connectivity index (χ3v) is 13.6. The third-order valence-electron chi connectivity index (χ3n) is 12.1. The number of piperazine rings is 1. The minimum absolute atomic E-state index is 0.0412. The smallest absolute Gasteiger partial charge is 0.328 e. The highest BCUT2D eigenvalue weighted by molar-refractivity contribution is 7.90. The number of amides is 4. The van der Waals surface area contributed by atoms with Gasteiger partial charge in [0, 0.05) is 112 Å². The number of aromatic nitrogens is 3. The van der Waals surface area contributed by atoms with Gasteiger partial charge < -0.3 is 24.8 Å². The molecule has 0 saturated carbocycles. The van der Waals surface area contributed by atoms with Crippen LogP contribution in [-0.4, -0.2) is 126 Å². The third kappa shape index (κ3) is 9.05. The lowest BCUT2D eigenvalue weighted by Crippen LogP contribution is -2.52. The van der Waals surface area contributed by atoms with Crippen LogP contribution in [0.15, 0.2) is 61.1 Å². The van der Waals surface area contributed by atoms with Crippen LogP contribution in [-0.2, 0) is 19.8 Å². The summed E-state index contributed by atoms with van der Waals surface area (Å²) in [6, 6.07) is 8.14. The number of halogens is 4. The van der Waals surface area contributed by atoms with E-state index in [1.165, 1.54) is 48.7 Å². The first-order valence-corrected chi connectivity index (χ1v) is 22.2. The molecule has 0 radical (unpaired) electrons. The van der Waals surface area contributed by atoms with Gasteiger partial charge in [-0.3, -0.25) is 29.3 Å². The summed E-state index contributed by atoms with van der Waals surface area (Å²) in [5.74, 6) is -5.57. The van der Waals surface area contributed by atoms with E-state index < -0.39 is 68.1 Å². The predicted molar refractivity (Wildman–Crippen MR) is 232 cm³/mol. The maximum Gasteiger partial charge on any atom is 0.328 e. The molecule has 8 rings (SSSR count). The molecule has 3 fully saturated rings. The maximum atomic E-state index is 15.8. The van der Waals surface area contributed by atoms with Crippen molar-refractivity contribution in [2.75, 3.05) is 78.8 Å². The molecule has 3 aliphatic heterocycles. The summed E-state index contributed by atoms with van der Waals surface area (Å²) in [5, 5.41) is 13.8. The minimum Gasteiger partial charge on any atom is -0.389 e. The average Bonchev–Trinajstić information content (AvgIpc) is 3.71. The number of fused-ring (bicyclic) bond motifs is 1. The van der Waals surface area contributed by atoms with Crippen molar-refractivity contribution in [3.8, 4) is 11.1 Å². The number of piperidine rings is 1. The molecule has 3 aliphatic rings. The van der Waals surface area contributed by atoms with Crippen molar-refractivity contribution < 1.29 is 50.3 Å². The van der Waals surface area contributed by atoms with E-state index in [-0.39, 0.29) is 112 Å². The highest BCUT2D eigenvalue weighted by atomic mass is 32.2. The first kappa shape index (κ1) is 44.9. The number of pyridine rings is 2. The maximum absolute atomic E-state index is 15.8. The van der Waals surface area contributed by atoms with Gasteiger partial charge in [0.25, 0.3) is 0 Å². The van der Waals surface area contributed by atoms with Crippen molar-refractivity contribution in [1.29, 1.82) is 0 Å². The van der Waals surface area contributed by atoms with E-state index in [1.807, 2.05) is 4.72 Å². The second-order valence-electron chi connectivity index (χ2n) is 16.1. The second kappa shape index (κ2) is 17.7. The van der Waals surface area contributed by atoms with Crippen LogP contribution in [0.25, 0.3) is 22.2 Å². The van der Waals surface area contributed by atoms with Crippen LogP contribution in [0.2, 0.25) is 0 Å². The number of rotatable bonds is 12.